The Hall–Kier alpha value is -3.91. The van der Waals surface area contributed by atoms with Crippen molar-refractivity contribution in [3.05, 3.63) is 71.4 Å². The molecular weight excluding hydrogens is 454 g/mol. The summed E-state index contributed by atoms with van der Waals surface area (Å²) in [4.78, 5) is 16.9. The monoisotopic (exact) mass is 485 g/mol. The summed E-state index contributed by atoms with van der Waals surface area (Å²) in [6.45, 7) is 6.38. The number of carbonyl (C=O) groups is 1. The van der Waals surface area contributed by atoms with Crippen LogP contribution in [-0.2, 0) is 4.74 Å². The van der Waals surface area contributed by atoms with Crippen LogP contribution >= 0.6 is 0 Å². The van der Waals surface area contributed by atoms with Gasteiger partial charge >= 0.3 is 0 Å². The summed E-state index contributed by atoms with van der Waals surface area (Å²) in [5.41, 5.74) is 5.89. The van der Waals surface area contributed by atoms with Gasteiger partial charge in [0.05, 0.1) is 17.6 Å². The van der Waals surface area contributed by atoms with E-state index in [9.17, 15) is 4.79 Å². The number of carbonyl (C=O) groups excluding carboxylic acids is 1. The highest BCUT2D eigenvalue weighted by Crippen LogP contribution is 2.31. The Labute approximate surface area is 210 Å². The lowest BCUT2D eigenvalue weighted by Crippen LogP contribution is -2.23. The van der Waals surface area contributed by atoms with Crippen molar-refractivity contribution in [3.63, 3.8) is 0 Å². The summed E-state index contributed by atoms with van der Waals surface area (Å²) in [5, 5.41) is 11.1. The Bertz CT molecular complexity index is 1390. The SMILES string of the molecule is CNC(=O)c1ccc(-c2cnc3c(NCC4CCOCC4)cc(Oc4ccccc4C)nn23)cc1C. The van der Waals surface area contributed by atoms with E-state index in [2.05, 4.69) is 10.6 Å². The van der Waals surface area contributed by atoms with Gasteiger partial charge in [0.25, 0.3) is 5.91 Å². The molecule has 1 amide bonds. The van der Waals surface area contributed by atoms with Crippen LogP contribution in [0.15, 0.2) is 54.7 Å². The lowest BCUT2D eigenvalue weighted by Gasteiger charge is -2.23. The van der Waals surface area contributed by atoms with Crippen molar-refractivity contribution in [3.8, 4) is 22.9 Å². The molecule has 2 aromatic heterocycles. The molecule has 0 aliphatic carbocycles. The standard InChI is InChI=1S/C28H31N5O3/c1-18-6-4-5-7-25(18)36-26-15-23(30-16-20-10-12-35-13-11-20)27-31-17-24(33(27)32-26)21-8-9-22(19(2)14-21)28(34)29-3/h4-9,14-15,17,20,30H,10-13,16H2,1-3H3,(H,29,34). The van der Waals surface area contributed by atoms with E-state index in [-0.39, 0.29) is 5.91 Å². The van der Waals surface area contributed by atoms with Gasteiger partial charge in [-0.1, -0.05) is 24.3 Å². The molecule has 1 aliphatic rings. The van der Waals surface area contributed by atoms with Crippen LogP contribution in [0.1, 0.15) is 34.3 Å². The molecule has 8 nitrogen and oxygen atoms in total. The molecule has 0 radical (unpaired) electrons. The van der Waals surface area contributed by atoms with Crippen LogP contribution in [-0.4, -0.2) is 47.3 Å². The van der Waals surface area contributed by atoms with E-state index in [4.69, 9.17) is 19.6 Å². The van der Waals surface area contributed by atoms with E-state index in [0.29, 0.717) is 17.4 Å². The van der Waals surface area contributed by atoms with E-state index in [1.807, 2.05) is 73.1 Å². The smallest absolute Gasteiger partial charge is 0.251 e. The maximum atomic E-state index is 12.2. The predicted octanol–water partition coefficient (Wildman–Crippen LogP) is 5.00. The van der Waals surface area contributed by atoms with Gasteiger partial charge in [-0.3, -0.25) is 4.79 Å². The number of amides is 1. The summed E-state index contributed by atoms with van der Waals surface area (Å²) in [6, 6.07) is 15.5. The minimum atomic E-state index is -0.108. The molecule has 0 saturated carbocycles. The van der Waals surface area contributed by atoms with Crippen LogP contribution in [0, 0.1) is 19.8 Å². The summed E-state index contributed by atoms with van der Waals surface area (Å²) in [5.74, 6) is 1.67. The summed E-state index contributed by atoms with van der Waals surface area (Å²) in [6.07, 6.45) is 3.89. The zero-order chi connectivity index (χ0) is 25.1. The number of nitrogens with zero attached hydrogens (tertiary/aromatic N) is 3. The second-order valence-corrected chi connectivity index (χ2v) is 9.19. The number of anilines is 1. The molecule has 1 aliphatic heterocycles. The molecule has 3 heterocycles. The van der Waals surface area contributed by atoms with Crippen LogP contribution in [0.5, 0.6) is 11.6 Å². The number of aryl methyl sites for hydroxylation is 2. The van der Waals surface area contributed by atoms with Crippen molar-refractivity contribution in [2.45, 2.75) is 26.7 Å². The topological polar surface area (TPSA) is 89.8 Å². The van der Waals surface area contributed by atoms with Crippen LogP contribution in [0.4, 0.5) is 5.69 Å². The van der Waals surface area contributed by atoms with E-state index >= 15 is 0 Å². The lowest BCUT2D eigenvalue weighted by molar-refractivity contribution is 0.0699. The van der Waals surface area contributed by atoms with Crippen molar-refractivity contribution >= 4 is 17.2 Å². The number of para-hydroxylation sites is 1. The lowest BCUT2D eigenvalue weighted by atomic mass is 10.0. The van der Waals surface area contributed by atoms with Gasteiger partial charge in [0.1, 0.15) is 5.75 Å². The molecule has 36 heavy (non-hydrogen) atoms. The Morgan fingerprint density at radius 3 is 2.67 bits per heavy atom. The maximum absolute atomic E-state index is 12.2. The molecule has 8 heteroatoms. The Morgan fingerprint density at radius 1 is 1.11 bits per heavy atom. The minimum absolute atomic E-state index is 0.108. The van der Waals surface area contributed by atoms with Gasteiger partial charge in [0.2, 0.25) is 5.88 Å². The molecule has 2 N–H and O–H groups in total. The van der Waals surface area contributed by atoms with Gasteiger partial charge in [-0.25, -0.2) is 9.50 Å². The van der Waals surface area contributed by atoms with E-state index in [1.54, 1.807) is 7.05 Å². The molecular formula is C28H31N5O3. The number of ether oxygens (including phenoxy) is 2. The van der Waals surface area contributed by atoms with Crippen LogP contribution in [0.3, 0.4) is 0 Å². The number of hydrogen-bond donors (Lipinski definition) is 2. The van der Waals surface area contributed by atoms with Gasteiger partial charge in [-0.05, 0) is 61.9 Å². The fraction of sp³-hybridized carbons (Fsp3) is 0.321. The number of benzene rings is 2. The van der Waals surface area contributed by atoms with Gasteiger partial charge in [0.15, 0.2) is 5.65 Å². The Morgan fingerprint density at radius 2 is 1.92 bits per heavy atom. The third kappa shape index (κ3) is 4.90. The molecule has 0 atom stereocenters. The average Bonchev–Trinajstić information content (AvgIpc) is 3.33. The second kappa shape index (κ2) is 10.4. The van der Waals surface area contributed by atoms with Crippen LogP contribution in [0.2, 0.25) is 0 Å². The first-order chi connectivity index (χ1) is 17.5. The van der Waals surface area contributed by atoms with Crippen molar-refractivity contribution in [2.24, 2.45) is 5.92 Å². The maximum Gasteiger partial charge on any atom is 0.251 e. The predicted molar refractivity (Wildman–Crippen MR) is 140 cm³/mol. The fourth-order valence-corrected chi connectivity index (χ4v) is 4.52. The third-order valence-corrected chi connectivity index (χ3v) is 6.67. The number of rotatable bonds is 7. The quantitative estimate of drug-likeness (QED) is 0.383. The highest BCUT2D eigenvalue weighted by atomic mass is 16.5. The minimum Gasteiger partial charge on any atom is -0.437 e. The highest BCUT2D eigenvalue weighted by molar-refractivity contribution is 5.96. The first-order valence-electron chi connectivity index (χ1n) is 12.3. The fourth-order valence-electron chi connectivity index (χ4n) is 4.52. The second-order valence-electron chi connectivity index (χ2n) is 9.19. The van der Waals surface area contributed by atoms with Gasteiger partial charge in [-0.2, -0.15) is 0 Å². The summed E-state index contributed by atoms with van der Waals surface area (Å²) in [7, 11) is 1.63. The Balaban J connectivity index is 1.54. The first-order valence-corrected chi connectivity index (χ1v) is 12.3. The molecule has 0 bridgehead atoms. The number of hydrogen-bond acceptors (Lipinski definition) is 6. The van der Waals surface area contributed by atoms with Gasteiger partial charge in [0, 0.05) is 44.0 Å². The molecule has 5 rings (SSSR count). The zero-order valence-corrected chi connectivity index (χ0v) is 20.9. The molecule has 1 saturated heterocycles. The van der Waals surface area contributed by atoms with Crippen LogP contribution < -0.4 is 15.4 Å². The molecule has 2 aromatic carbocycles. The molecule has 1 fully saturated rings. The highest BCUT2D eigenvalue weighted by Gasteiger charge is 2.18. The van der Waals surface area contributed by atoms with Crippen molar-refractivity contribution in [2.75, 3.05) is 32.1 Å². The molecule has 186 valence electrons. The molecule has 4 aromatic rings. The zero-order valence-electron chi connectivity index (χ0n) is 20.9. The number of nitrogens with one attached hydrogen (secondary N) is 2. The largest absolute Gasteiger partial charge is 0.437 e. The van der Waals surface area contributed by atoms with E-state index in [0.717, 1.165) is 72.1 Å². The average molecular weight is 486 g/mol. The van der Waals surface area contributed by atoms with E-state index < -0.39 is 0 Å². The number of imidazole rings is 1. The Kier molecular flexibility index (Phi) is 6.86. The summed E-state index contributed by atoms with van der Waals surface area (Å²) >= 11 is 0. The number of fused-ring (bicyclic) bond motifs is 1. The molecule has 0 spiro atoms. The normalized spacial score (nSPS) is 14.1. The van der Waals surface area contributed by atoms with Crippen molar-refractivity contribution in [1.82, 2.24) is 19.9 Å². The van der Waals surface area contributed by atoms with Gasteiger partial charge < -0.3 is 20.1 Å². The molecule has 0 unspecified atom stereocenters. The van der Waals surface area contributed by atoms with Crippen LogP contribution in [0.25, 0.3) is 16.9 Å². The van der Waals surface area contributed by atoms with Crippen molar-refractivity contribution in [1.29, 1.82) is 0 Å². The summed E-state index contributed by atoms with van der Waals surface area (Å²) < 4.78 is 13.6. The first kappa shape index (κ1) is 23.8. The third-order valence-electron chi connectivity index (χ3n) is 6.67. The van der Waals surface area contributed by atoms with Crippen molar-refractivity contribution < 1.29 is 14.3 Å². The number of aromatic nitrogens is 3. The van der Waals surface area contributed by atoms with Gasteiger partial charge in [-0.15, -0.1) is 5.10 Å². The van der Waals surface area contributed by atoms with E-state index in [1.165, 1.54) is 0 Å².